The van der Waals surface area contributed by atoms with E-state index in [-0.39, 0.29) is 11.8 Å². The minimum Gasteiger partial charge on any atom is -0.352 e. The molecule has 5 nitrogen and oxygen atoms in total. The van der Waals surface area contributed by atoms with Gasteiger partial charge in [0.25, 0.3) is 0 Å². The van der Waals surface area contributed by atoms with Crippen LogP contribution in [0.2, 0.25) is 5.02 Å². The van der Waals surface area contributed by atoms with Crippen molar-refractivity contribution in [3.8, 4) is 0 Å². The van der Waals surface area contributed by atoms with Gasteiger partial charge in [0.15, 0.2) is 0 Å². The summed E-state index contributed by atoms with van der Waals surface area (Å²) in [7, 11) is 0. The van der Waals surface area contributed by atoms with E-state index in [9.17, 15) is 9.59 Å². The summed E-state index contributed by atoms with van der Waals surface area (Å²) in [4.78, 5) is 28.1. The first-order chi connectivity index (χ1) is 12.0. The van der Waals surface area contributed by atoms with Gasteiger partial charge in [-0.25, -0.2) is 0 Å². The number of nitrogens with zero attached hydrogens (tertiary/aromatic N) is 2. The molecule has 0 bridgehead atoms. The van der Waals surface area contributed by atoms with Gasteiger partial charge in [0, 0.05) is 43.3 Å². The number of piperazine rings is 1. The predicted octanol–water partition coefficient (Wildman–Crippen LogP) is 2.08. The van der Waals surface area contributed by atoms with Crippen LogP contribution >= 0.6 is 11.6 Å². The molecule has 0 radical (unpaired) electrons. The van der Waals surface area contributed by atoms with Crippen molar-refractivity contribution >= 4 is 29.5 Å². The van der Waals surface area contributed by atoms with Crippen molar-refractivity contribution < 1.29 is 9.59 Å². The molecule has 1 N–H and O–H groups in total. The monoisotopic (exact) mass is 361 g/mol. The topological polar surface area (TPSA) is 52.7 Å². The Balaban J connectivity index is 1.45. The van der Waals surface area contributed by atoms with Crippen molar-refractivity contribution in [2.75, 3.05) is 32.7 Å². The van der Waals surface area contributed by atoms with Gasteiger partial charge >= 0.3 is 0 Å². The van der Waals surface area contributed by atoms with Crippen LogP contribution in [0, 0.1) is 6.92 Å². The van der Waals surface area contributed by atoms with Gasteiger partial charge in [-0.3, -0.25) is 14.5 Å². The van der Waals surface area contributed by atoms with Crippen LogP contribution in [0.25, 0.3) is 6.08 Å². The smallest absolute Gasteiger partial charge is 0.246 e. The van der Waals surface area contributed by atoms with Crippen LogP contribution in [0.5, 0.6) is 0 Å². The quantitative estimate of drug-likeness (QED) is 0.817. The Morgan fingerprint density at radius 1 is 1.24 bits per heavy atom. The molecule has 2 aliphatic rings. The molecule has 1 heterocycles. The van der Waals surface area contributed by atoms with Gasteiger partial charge in [-0.2, -0.15) is 0 Å². The number of benzene rings is 1. The fourth-order valence-corrected chi connectivity index (χ4v) is 3.01. The second-order valence-corrected chi connectivity index (χ2v) is 7.19. The van der Waals surface area contributed by atoms with Crippen molar-refractivity contribution in [2.24, 2.45) is 0 Å². The zero-order valence-electron chi connectivity index (χ0n) is 14.5. The molecule has 1 saturated carbocycles. The molecule has 25 heavy (non-hydrogen) atoms. The molecule has 6 heteroatoms. The molecule has 0 atom stereocenters. The van der Waals surface area contributed by atoms with Crippen LogP contribution in [-0.2, 0) is 9.59 Å². The third-order valence-electron chi connectivity index (χ3n) is 4.61. The second-order valence-electron chi connectivity index (χ2n) is 6.79. The molecule has 2 fully saturated rings. The number of nitrogens with one attached hydrogen (secondary N) is 1. The van der Waals surface area contributed by atoms with Crippen LogP contribution in [-0.4, -0.2) is 60.4 Å². The minimum absolute atomic E-state index is 0.00113. The average molecular weight is 362 g/mol. The standard InChI is InChI=1S/C19H24ClN3O2/c1-14-2-3-15(12-17(14)20)4-7-19(25)23-10-8-22(9-11-23)13-18(24)21-16-5-6-16/h2-4,7,12,16H,5-6,8-11,13H2,1H3,(H,21,24)/b7-4+. The molecule has 2 amide bonds. The Bertz CT molecular complexity index is 677. The van der Waals surface area contributed by atoms with Gasteiger partial charge in [-0.1, -0.05) is 23.7 Å². The summed E-state index contributed by atoms with van der Waals surface area (Å²) in [6.07, 6.45) is 5.60. The van der Waals surface area contributed by atoms with Gasteiger partial charge in [0.1, 0.15) is 0 Å². The fraction of sp³-hybridized carbons (Fsp3) is 0.474. The van der Waals surface area contributed by atoms with E-state index in [1.165, 1.54) is 0 Å². The summed E-state index contributed by atoms with van der Waals surface area (Å²) < 4.78 is 0. The molecule has 134 valence electrons. The van der Waals surface area contributed by atoms with E-state index in [2.05, 4.69) is 10.2 Å². The number of carbonyl (C=O) groups excluding carboxylic acids is 2. The number of halogens is 1. The number of hydrogen-bond donors (Lipinski definition) is 1. The van der Waals surface area contributed by atoms with Crippen molar-refractivity contribution in [2.45, 2.75) is 25.8 Å². The molecule has 1 aliphatic carbocycles. The predicted molar refractivity (Wildman–Crippen MR) is 99.4 cm³/mol. The molecule has 3 rings (SSSR count). The van der Waals surface area contributed by atoms with Crippen LogP contribution in [0.15, 0.2) is 24.3 Å². The summed E-state index contributed by atoms with van der Waals surface area (Å²) in [5.41, 5.74) is 1.94. The summed E-state index contributed by atoms with van der Waals surface area (Å²) in [5, 5.41) is 3.70. The molecule has 1 aromatic rings. The summed E-state index contributed by atoms with van der Waals surface area (Å²) >= 11 is 6.10. The first kappa shape index (κ1) is 18.0. The first-order valence-corrected chi connectivity index (χ1v) is 9.14. The fourth-order valence-electron chi connectivity index (χ4n) is 2.82. The highest BCUT2D eigenvalue weighted by molar-refractivity contribution is 6.31. The normalized spacial score (nSPS) is 18.6. The van der Waals surface area contributed by atoms with E-state index in [1.807, 2.05) is 30.0 Å². The first-order valence-electron chi connectivity index (χ1n) is 8.76. The van der Waals surface area contributed by atoms with E-state index in [0.717, 1.165) is 37.1 Å². The number of aryl methyl sites for hydroxylation is 1. The molecule has 1 aromatic carbocycles. The van der Waals surface area contributed by atoms with E-state index >= 15 is 0 Å². The maximum atomic E-state index is 12.3. The minimum atomic E-state index is -0.00113. The molecule has 0 spiro atoms. The highest BCUT2D eigenvalue weighted by atomic mass is 35.5. The van der Waals surface area contributed by atoms with Crippen LogP contribution < -0.4 is 5.32 Å². The Kier molecular flexibility index (Phi) is 5.76. The van der Waals surface area contributed by atoms with Gasteiger partial charge in [0.05, 0.1) is 6.54 Å². The van der Waals surface area contributed by atoms with E-state index < -0.39 is 0 Å². The van der Waals surface area contributed by atoms with E-state index in [4.69, 9.17) is 11.6 Å². The summed E-state index contributed by atoms with van der Waals surface area (Å²) in [6, 6.07) is 6.15. The summed E-state index contributed by atoms with van der Waals surface area (Å²) in [5.74, 6) is 0.0946. The highest BCUT2D eigenvalue weighted by Gasteiger charge is 2.25. The lowest BCUT2D eigenvalue weighted by Gasteiger charge is -2.33. The third-order valence-corrected chi connectivity index (χ3v) is 5.02. The lowest BCUT2D eigenvalue weighted by molar-refractivity contribution is -0.128. The maximum absolute atomic E-state index is 12.3. The maximum Gasteiger partial charge on any atom is 0.246 e. The Labute approximate surface area is 153 Å². The molecule has 0 unspecified atom stereocenters. The molecular weight excluding hydrogens is 338 g/mol. The van der Waals surface area contributed by atoms with Crippen molar-refractivity contribution in [3.05, 3.63) is 40.4 Å². The van der Waals surface area contributed by atoms with Crippen molar-refractivity contribution in [3.63, 3.8) is 0 Å². The van der Waals surface area contributed by atoms with E-state index in [0.29, 0.717) is 30.7 Å². The number of carbonyl (C=O) groups is 2. The highest BCUT2D eigenvalue weighted by Crippen LogP contribution is 2.19. The molecule has 0 aromatic heterocycles. The molecule has 1 aliphatic heterocycles. The number of hydrogen-bond acceptors (Lipinski definition) is 3. The molecular formula is C19H24ClN3O2. The van der Waals surface area contributed by atoms with Crippen molar-refractivity contribution in [1.29, 1.82) is 0 Å². The zero-order valence-corrected chi connectivity index (χ0v) is 15.3. The molecule has 1 saturated heterocycles. The SMILES string of the molecule is Cc1ccc(/C=C/C(=O)N2CCN(CC(=O)NC3CC3)CC2)cc1Cl. The third kappa shape index (κ3) is 5.31. The van der Waals surface area contributed by atoms with Gasteiger partial charge < -0.3 is 10.2 Å². The van der Waals surface area contributed by atoms with Crippen LogP contribution in [0.1, 0.15) is 24.0 Å². The van der Waals surface area contributed by atoms with Crippen molar-refractivity contribution in [1.82, 2.24) is 15.1 Å². The van der Waals surface area contributed by atoms with Gasteiger partial charge in [-0.05, 0) is 43.0 Å². The van der Waals surface area contributed by atoms with Gasteiger partial charge in [-0.15, -0.1) is 0 Å². The lowest BCUT2D eigenvalue weighted by Crippen LogP contribution is -2.51. The second kappa shape index (κ2) is 8.02. The Hall–Kier alpha value is -1.85. The zero-order chi connectivity index (χ0) is 17.8. The van der Waals surface area contributed by atoms with E-state index in [1.54, 1.807) is 12.2 Å². The van der Waals surface area contributed by atoms with Gasteiger partial charge in [0.2, 0.25) is 11.8 Å². The van der Waals surface area contributed by atoms with Crippen LogP contribution in [0.4, 0.5) is 0 Å². The number of rotatable bonds is 5. The Morgan fingerprint density at radius 3 is 2.60 bits per heavy atom. The lowest BCUT2D eigenvalue weighted by atomic mass is 10.1. The number of amides is 2. The summed E-state index contributed by atoms with van der Waals surface area (Å²) in [6.45, 7) is 5.13. The van der Waals surface area contributed by atoms with Crippen LogP contribution in [0.3, 0.4) is 0 Å². The average Bonchev–Trinajstić information content (AvgIpc) is 3.40. The largest absolute Gasteiger partial charge is 0.352 e. The Morgan fingerprint density at radius 2 is 1.96 bits per heavy atom.